The number of benzene rings is 1. The van der Waals surface area contributed by atoms with Gasteiger partial charge < -0.3 is 20.1 Å². The van der Waals surface area contributed by atoms with Gasteiger partial charge in [0.15, 0.2) is 5.96 Å². The molecular formula is C18H30ClN3O2S. The van der Waals surface area contributed by atoms with Gasteiger partial charge in [0.2, 0.25) is 0 Å². The van der Waals surface area contributed by atoms with Crippen LogP contribution in [0.4, 0.5) is 0 Å². The summed E-state index contributed by atoms with van der Waals surface area (Å²) in [4.78, 5) is 4.71. The number of aliphatic imine (C=N–C) groups is 1. The number of ether oxygens (including phenoxy) is 2. The van der Waals surface area contributed by atoms with Crippen LogP contribution in [0.1, 0.15) is 24.2 Å². The zero-order valence-electron chi connectivity index (χ0n) is 15.4. The summed E-state index contributed by atoms with van der Waals surface area (Å²) in [5, 5.41) is 7.67. The highest BCUT2D eigenvalue weighted by molar-refractivity contribution is 7.98. The number of methoxy groups -OCH3 is 1. The molecule has 0 aliphatic carbocycles. The zero-order chi connectivity index (χ0) is 18.3. The van der Waals surface area contributed by atoms with Gasteiger partial charge >= 0.3 is 0 Å². The maximum absolute atomic E-state index is 6.10. The van der Waals surface area contributed by atoms with Crippen molar-refractivity contribution in [2.45, 2.75) is 18.6 Å². The Morgan fingerprint density at radius 1 is 1.28 bits per heavy atom. The molecule has 0 saturated heterocycles. The van der Waals surface area contributed by atoms with E-state index in [2.05, 4.69) is 29.9 Å². The minimum absolute atomic E-state index is 0.284. The van der Waals surface area contributed by atoms with E-state index in [4.69, 9.17) is 26.1 Å². The van der Waals surface area contributed by atoms with Crippen molar-refractivity contribution in [3.63, 3.8) is 0 Å². The van der Waals surface area contributed by atoms with Crippen LogP contribution in [0.2, 0.25) is 5.02 Å². The van der Waals surface area contributed by atoms with Gasteiger partial charge in [-0.3, -0.25) is 4.99 Å². The van der Waals surface area contributed by atoms with Gasteiger partial charge in [-0.15, -0.1) is 0 Å². The fourth-order valence-electron chi connectivity index (χ4n) is 2.16. The first-order chi connectivity index (χ1) is 12.2. The predicted molar refractivity (Wildman–Crippen MR) is 109 cm³/mol. The lowest BCUT2D eigenvalue weighted by atomic mass is 10.1. The van der Waals surface area contributed by atoms with Gasteiger partial charge in [0.25, 0.3) is 0 Å². The molecule has 0 saturated carbocycles. The molecule has 0 amide bonds. The Morgan fingerprint density at radius 3 is 2.80 bits per heavy atom. The van der Waals surface area contributed by atoms with Gasteiger partial charge in [-0.1, -0.05) is 23.7 Å². The highest BCUT2D eigenvalue weighted by atomic mass is 35.5. The van der Waals surface area contributed by atoms with Crippen molar-refractivity contribution in [3.8, 4) is 0 Å². The molecule has 2 N–H and O–H groups in total. The lowest BCUT2D eigenvalue weighted by Gasteiger charge is -2.15. The fraction of sp³-hybridized carbons (Fsp3) is 0.611. The molecule has 1 atom stereocenters. The summed E-state index contributed by atoms with van der Waals surface area (Å²) in [6.45, 7) is 6.40. The lowest BCUT2D eigenvalue weighted by Crippen LogP contribution is -2.38. The largest absolute Gasteiger partial charge is 0.382 e. The Morgan fingerprint density at radius 2 is 2.12 bits per heavy atom. The second-order valence-electron chi connectivity index (χ2n) is 5.38. The fourth-order valence-corrected chi connectivity index (χ4v) is 3.01. The quantitative estimate of drug-likeness (QED) is 0.327. The van der Waals surface area contributed by atoms with Crippen molar-refractivity contribution in [2.24, 2.45) is 4.99 Å². The standard InChI is InChI=1S/C18H30ClN3O2S/c1-4-20-18(21-9-6-10-24-12-11-23-2)22-14-17(25-3)15-7-5-8-16(19)13-15/h5,7-8,13,17H,4,6,9-12,14H2,1-3H3,(H2,20,21,22). The van der Waals surface area contributed by atoms with E-state index in [0.717, 1.165) is 30.5 Å². The molecule has 0 fully saturated rings. The Bertz CT molecular complexity index is 503. The number of halogens is 1. The molecule has 0 aliphatic rings. The summed E-state index contributed by atoms with van der Waals surface area (Å²) < 4.78 is 10.4. The molecule has 7 heteroatoms. The number of nitrogens with zero attached hydrogens (tertiary/aromatic N) is 1. The van der Waals surface area contributed by atoms with Crippen LogP contribution >= 0.6 is 23.4 Å². The van der Waals surface area contributed by atoms with Gasteiger partial charge in [0.05, 0.1) is 19.8 Å². The molecule has 1 rings (SSSR count). The third kappa shape index (κ3) is 9.94. The highest BCUT2D eigenvalue weighted by Gasteiger charge is 2.10. The lowest BCUT2D eigenvalue weighted by molar-refractivity contribution is 0.0698. The maximum Gasteiger partial charge on any atom is 0.191 e. The third-order valence-corrected chi connectivity index (χ3v) is 4.68. The molecule has 0 heterocycles. The molecule has 0 bridgehead atoms. The van der Waals surface area contributed by atoms with E-state index in [9.17, 15) is 0 Å². The molecule has 1 aromatic rings. The topological polar surface area (TPSA) is 54.9 Å². The van der Waals surface area contributed by atoms with Crippen molar-refractivity contribution in [3.05, 3.63) is 34.9 Å². The molecule has 142 valence electrons. The Kier molecular flexibility index (Phi) is 12.6. The molecule has 5 nitrogen and oxygen atoms in total. The highest BCUT2D eigenvalue weighted by Crippen LogP contribution is 2.28. The summed E-state index contributed by atoms with van der Waals surface area (Å²) in [7, 11) is 1.68. The molecule has 0 aliphatic heterocycles. The van der Waals surface area contributed by atoms with Crippen molar-refractivity contribution < 1.29 is 9.47 Å². The molecule has 25 heavy (non-hydrogen) atoms. The van der Waals surface area contributed by atoms with Crippen LogP contribution in [0, 0.1) is 0 Å². The van der Waals surface area contributed by atoms with Crippen molar-refractivity contribution in [1.29, 1.82) is 0 Å². The van der Waals surface area contributed by atoms with Crippen LogP contribution in [0.25, 0.3) is 0 Å². The van der Waals surface area contributed by atoms with Crippen LogP contribution in [0.5, 0.6) is 0 Å². The average molecular weight is 388 g/mol. The summed E-state index contributed by atoms with van der Waals surface area (Å²) in [5.74, 6) is 0.834. The Balaban J connectivity index is 2.44. The zero-order valence-corrected chi connectivity index (χ0v) is 17.0. The van der Waals surface area contributed by atoms with Crippen molar-refractivity contribution in [2.75, 3.05) is 52.8 Å². The van der Waals surface area contributed by atoms with Crippen LogP contribution in [0.15, 0.2) is 29.3 Å². The minimum atomic E-state index is 0.284. The number of hydrogen-bond donors (Lipinski definition) is 2. The van der Waals surface area contributed by atoms with Crippen molar-refractivity contribution in [1.82, 2.24) is 10.6 Å². The summed E-state index contributed by atoms with van der Waals surface area (Å²) >= 11 is 7.88. The van der Waals surface area contributed by atoms with Gasteiger partial charge in [0.1, 0.15) is 0 Å². The van der Waals surface area contributed by atoms with Crippen LogP contribution in [-0.2, 0) is 9.47 Å². The smallest absolute Gasteiger partial charge is 0.191 e. The summed E-state index contributed by atoms with van der Waals surface area (Å²) in [6, 6.07) is 7.99. The predicted octanol–water partition coefficient (Wildman–Crippen LogP) is 3.35. The van der Waals surface area contributed by atoms with E-state index in [1.54, 1.807) is 18.9 Å². The number of guanidine groups is 1. The molecule has 0 aromatic heterocycles. The number of thioether (sulfide) groups is 1. The van der Waals surface area contributed by atoms with Gasteiger partial charge in [-0.05, 0) is 37.3 Å². The van der Waals surface area contributed by atoms with Crippen LogP contribution in [0.3, 0.4) is 0 Å². The first-order valence-corrected chi connectivity index (χ1v) is 10.2. The number of hydrogen-bond acceptors (Lipinski definition) is 4. The number of nitrogens with one attached hydrogen (secondary N) is 2. The van der Waals surface area contributed by atoms with E-state index in [0.29, 0.717) is 26.4 Å². The maximum atomic E-state index is 6.10. The van der Waals surface area contributed by atoms with Gasteiger partial charge in [0, 0.05) is 37.1 Å². The molecular weight excluding hydrogens is 358 g/mol. The second kappa shape index (κ2) is 14.2. The molecule has 0 spiro atoms. The van der Waals surface area contributed by atoms with E-state index >= 15 is 0 Å². The SMILES string of the molecule is CCNC(=NCC(SC)c1cccc(Cl)c1)NCCCOCCOC. The van der Waals surface area contributed by atoms with Gasteiger partial charge in [-0.2, -0.15) is 11.8 Å². The van der Waals surface area contributed by atoms with Crippen LogP contribution in [-0.4, -0.2) is 58.8 Å². The first kappa shape index (κ1) is 22.1. The average Bonchev–Trinajstić information content (AvgIpc) is 2.61. The van der Waals surface area contributed by atoms with E-state index in [1.165, 1.54) is 5.56 Å². The number of rotatable bonds is 12. The Hall–Kier alpha value is -0.950. The van der Waals surface area contributed by atoms with Crippen LogP contribution < -0.4 is 10.6 Å². The Labute approximate surface area is 160 Å². The van der Waals surface area contributed by atoms with Crippen molar-refractivity contribution >= 4 is 29.3 Å². The van der Waals surface area contributed by atoms with E-state index in [-0.39, 0.29) is 5.25 Å². The van der Waals surface area contributed by atoms with E-state index in [1.807, 2.05) is 18.2 Å². The third-order valence-electron chi connectivity index (χ3n) is 3.45. The minimum Gasteiger partial charge on any atom is -0.382 e. The molecule has 1 unspecified atom stereocenters. The first-order valence-electron chi connectivity index (χ1n) is 8.58. The monoisotopic (exact) mass is 387 g/mol. The molecule has 1 aromatic carbocycles. The van der Waals surface area contributed by atoms with E-state index < -0.39 is 0 Å². The second-order valence-corrected chi connectivity index (χ2v) is 6.86. The summed E-state index contributed by atoms with van der Waals surface area (Å²) in [5.41, 5.74) is 1.20. The van der Waals surface area contributed by atoms with Gasteiger partial charge in [-0.25, -0.2) is 0 Å². The molecule has 0 radical (unpaired) electrons. The summed E-state index contributed by atoms with van der Waals surface area (Å²) in [6.07, 6.45) is 3.02. The normalized spacial score (nSPS) is 12.9.